The summed E-state index contributed by atoms with van der Waals surface area (Å²) in [6.45, 7) is -0.388. The van der Waals surface area contributed by atoms with E-state index in [-0.39, 0.29) is 24.1 Å². The molecule has 0 aliphatic carbocycles. The van der Waals surface area contributed by atoms with Gasteiger partial charge in [-0.3, -0.25) is 15.2 Å². The van der Waals surface area contributed by atoms with E-state index in [0.29, 0.717) is 11.4 Å². The Morgan fingerprint density at radius 2 is 1.88 bits per heavy atom. The van der Waals surface area contributed by atoms with Gasteiger partial charge in [-0.2, -0.15) is 4.98 Å². The van der Waals surface area contributed by atoms with Crippen LogP contribution in [0.2, 0.25) is 0 Å². The number of halogens is 2. The van der Waals surface area contributed by atoms with Crippen LogP contribution in [-0.4, -0.2) is 27.7 Å². The number of rotatable bonds is 5. The number of hydrogen-bond acceptors (Lipinski definition) is 4. The van der Waals surface area contributed by atoms with Crippen molar-refractivity contribution in [3.63, 3.8) is 0 Å². The van der Waals surface area contributed by atoms with E-state index in [1.165, 1.54) is 42.5 Å². The van der Waals surface area contributed by atoms with E-state index in [0.717, 1.165) is 0 Å². The van der Waals surface area contributed by atoms with E-state index < -0.39 is 11.7 Å². The highest BCUT2D eigenvalue weighted by atomic mass is 19.1. The van der Waals surface area contributed by atoms with E-state index in [1.54, 1.807) is 6.07 Å². The highest BCUT2D eigenvalue weighted by Crippen LogP contribution is 2.17. The number of nitrogens with one attached hydrogen (secondary N) is 2. The standard InChI is InChI=1S/C16H12F2N4O2/c17-11-7-5-10(6-8-11)15-20-16(22-21-15)19-14(23)9-24-13-4-2-1-3-12(13)18/h1-8H,9H2,(H2,19,20,21,22,23). The minimum atomic E-state index is -0.554. The summed E-state index contributed by atoms with van der Waals surface area (Å²) in [5.74, 6) is -1.06. The first-order valence-electron chi connectivity index (χ1n) is 6.97. The summed E-state index contributed by atoms with van der Waals surface area (Å²) in [6, 6.07) is 11.4. The molecular formula is C16H12F2N4O2. The molecular weight excluding hydrogens is 318 g/mol. The first-order chi connectivity index (χ1) is 11.6. The van der Waals surface area contributed by atoms with Gasteiger partial charge >= 0.3 is 0 Å². The molecule has 0 spiro atoms. The fourth-order valence-corrected chi connectivity index (χ4v) is 1.92. The molecule has 0 atom stereocenters. The number of H-pyrrole nitrogens is 1. The molecule has 0 radical (unpaired) electrons. The van der Waals surface area contributed by atoms with Crippen molar-refractivity contribution in [2.75, 3.05) is 11.9 Å². The number of nitrogens with zero attached hydrogens (tertiary/aromatic N) is 2. The monoisotopic (exact) mass is 330 g/mol. The molecule has 1 aromatic heterocycles. The zero-order valence-corrected chi connectivity index (χ0v) is 12.3. The number of aromatic nitrogens is 3. The average molecular weight is 330 g/mol. The molecule has 24 heavy (non-hydrogen) atoms. The van der Waals surface area contributed by atoms with Crippen molar-refractivity contribution in [1.29, 1.82) is 0 Å². The first kappa shape index (κ1) is 15.6. The van der Waals surface area contributed by atoms with Crippen molar-refractivity contribution >= 4 is 11.9 Å². The van der Waals surface area contributed by atoms with E-state index in [9.17, 15) is 13.6 Å². The van der Waals surface area contributed by atoms with Crippen LogP contribution >= 0.6 is 0 Å². The lowest BCUT2D eigenvalue weighted by Gasteiger charge is -2.05. The van der Waals surface area contributed by atoms with Crippen molar-refractivity contribution in [2.45, 2.75) is 0 Å². The van der Waals surface area contributed by atoms with Crippen LogP contribution in [0.1, 0.15) is 0 Å². The summed E-state index contributed by atoms with van der Waals surface area (Å²) >= 11 is 0. The summed E-state index contributed by atoms with van der Waals surface area (Å²) < 4.78 is 31.3. The van der Waals surface area contributed by atoms with Gasteiger partial charge in [0.25, 0.3) is 5.91 Å². The summed E-state index contributed by atoms with van der Waals surface area (Å²) in [5, 5.41) is 8.89. The van der Waals surface area contributed by atoms with Gasteiger partial charge < -0.3 is 4.74 Å². The first-order valence-corrected chi connectivity index (χ1v) is 6.97. The zero-order chi connectivity index (χ0) is 16.9. The lowest BCUT2D eigenvalue weighted by atomic mass is 10.2. The number of para-hydroxylation sites is 1. The number of carbonyl (C=O) groups is 1. The van der Waals surface area contributed by atoms with Gasteiger partial charge in [0.05, 0.1) is 0 Å². The second-order valence-corrected chi connectivity index (χ2v) is 4.78. The lowest BCUT2D eigenvalue weighted by Crippen LogP contribution is -2.21. The molecule has 0 fully saturated rings. The third kappa shape index (κ3) is 3.72. The van der Waals surface area contributed by atoms with Gasteiger partial charge in [0.2, 0.25) is 5.95 Å². The van der Waals surface area contributed by atoms with Crippen LogP contribution < -0.4 is 10.1 Å². The number of aromatic amines is 1. The zero-order valence-electron chi connectivity index (χ0n) is 12.3. The Morgan fingerprint density at radius 1 is 1.12 bits per heavy atom. The molecule has 0 aliphatic heterocycles. The molecule has 2 N–H and O–H groups in total. The highest BCUT2D eigenvalue weighted by Gasteiger charge is 2.11. The van der Waals surface area contributed by atoms with Gasteiger partial charge in [-0.05, 0) is 36.4 Å². The molecule has 1 heterocycles. The summed E-state index contributed by atoms with van der Waals surface area (Å²) in [6.07, 6.45) is 0. The van der Waals surface area contributed by atoms with Gasteiger partial charge in [0, 0.05) is 5.56 Å². The van der Waals surface area contributed by atoms with Crippen LogP contribution in [0, 0.1) is 11.6 Å². The maximum Gasteiger partial charge on any atom is 0.264 e. The molecule has 2 aromatic carbocycles. The lowest BCUT2D eigenvalue weighted by molar-refractivity contribution is -0.118. The fourth-order valence-electron chi connectivity index (χ4n) is 1.92. The number of carbonyl (C=O) groups excluding carboxylic acids is 1. The maximum absolute atomic E-state index is 13.4. The van der Waals surface area contributed by atoms with Crippen molar-refractivity contribution in [1.82, 2.24) is 15.2 Å². The van der Waals surface area contributed by atoms with E-state index in [4.69, 9.17) is 4.74 Å². The molecule has 6 nitrogen and oxygen atoms in total. The van der Waals surface area contributed by atoms with E-state index >= 15 is 0 Å². The topological polar surface area (TPSA) is 79.9 Å². The molecule has 0 aliphatic rings. The van der Waals surface area contributed by atoms with Crippen molar-refractivity contribution < 1.29 is 18.3 Å². The van der Waals surface area contributed by atoms with Crippen LogP contribution in [0.25, 0.3) is 11.4 Å². The Labute approximate surface area is 135 Å². The molecule has 0 saturated carbocycles. The number of anilines is 1. The Balaban J connectivity index is 1.59. The van der Waals surface area contributed by atoms with Crippen molar-refractivity contribution in [3.8, 4) is 17.1 Å². The van der Waals surface area contributed by atoms with Gasteiger partial charge in [-0.1, -0.05) is 12.1 Å². The molecule has 3 aromatic rings. The third-order valence-electron chi connectivity index (χ3n) is 3.05. The second-order valence-electron chi connectivity index (χ2n) is 4.78. The largest absolute Gasteiger partial charge is 0.481 e. The van der Waals surface area contributed by atoms with Gasteiger partial charge in [-0.25, -0.2) is 8.78 Å². The number of benzene rings is 2. The molecule has 122 valence electrons. The molecule has 8 heteroatoms. The van der Waals surface area contributed by atoms with Crippen LogP contribution in [0.4, 0.5) is 14.7 Å². The molecule has 0 unspecified atom stereocenters. The smallest absolute Gasteiger partial charge is 0.264 e. The van der Waals surface area contributed by atoms with Crippen LogP contribution in [0.3, 0.4) is 0 Å². The Morgan fingerprint density at radius 3 is 2.62 bits per heavy atom. The Bertz CT molecular complexity index is 849. The van der Waals surface area contributed by atoms with E-state index in [2.05, 4.69) is 20.5 Å². The predicted molar refractivity (Wildman–Crippen MR) is 82.3 cm³/mol. The predicted octanol–water partition coefficient (Wildman–Crippen LogP) is 2.77. The SMILES string of the molecule is O=C(COc1ccccc1F)Nc1n[nH]c(-c2ccc(F)cc2)n1. The Hall–Kier alpha value is -3.29. The quantitative estimate of drug-likeness (QED) is 0.754. The number of amides is 1. The van der Waals surface area contributed by atoms with Crippen LogP contribution in [0.5, 0.6) is 5.75 Å². The minimum absolute atomic E-state index is 0.0189. The molecule has 0 saturated heterocycles. The summed E-state index contributed by atoms with van der Waals surface area (Å²) in [4.78, 5) is 15.9. The van der Waals surface area contributed by atoms with Gasteiger partial charge in [0.15, 0.2) is 24.0 Å². The van der Waals surface area contributed by atoms with E-state index in [1.807, 2.05) is 0 Å². The normalized spacial score (nSPS) is 10.4. The second kappa shape index (κ2) is 6.86. The molecule has 1 amide bonds. The van der Waals surface area contributed by atoms with Gasteiger partial charge in [0.1, 0.15) is 5.82 Å². The number of hydrogen-bond donors (Lipinski definition) is 2. The number of ether oxygens (including phenoxy) is 1. The highest BCUT2D eigenvalue weighted by molar-refractivity contribution is 5.90. The summed E-state index contributed by atoms with van der Waals surface area (Å²) in [5.41, 5.74) is 0.618. The van der Waals surface area contributed by atoms with Gasteiger partial charge in [-0.15, -0.1) is 5.10 Å². The van der Waals surface area contributed by atoms with Crippen molar-refractivity contribution in [3.05, 3.63) is 60.2 Å². The molecule has 0 bridgehead atoms. The average Bonchev–Trinajstić information content (AvgIpc) is 3.03. The van der Waals surface area contributed by atoms with Crippen molar-refractivity contribution in [2.24, 2.45) is 0 Å². The van der Waals surface area contributed by atoms with Crippen LogP contribution in [-0.2, 0) is 4.79 Å². The maximum atomic E-state index is 13.4. The third-order valence-corrected chi connectivity index (χ3v) is 3.05. The Kier molecular flexibility index (Phi) is 4.46. The minimum Gasteiger partial charge on any atom is -0.481 e. The molecule has 3 rings (SSSR count). The van der Waals surface area contributed by atoms with Crippen LogP contribution in [0.15, 0.2) is 48.5 Å². The fraction of sp³-hybridized carbons (Fsp3) is 0.0625. The summed E-state index contributed by atoms with van der Waals surface area (Å²) in [7, 11) is 0.